The highest BCUT2D eigenvalue weighted by Gasteiger charge is 2.13. The molecule has 22 heavy (non-hydrogen) atoms. The highest BCUT2D eigenvalue weighted by atomic mass is 16.7. The van der Waals surface area contributed by atoms with Crippen LogP contribution < -0.4 is 20.5 Å². The molecule has 6 heteroatoms. The summed E-state index contributed by atoms with van der Waals surface area (Å²) in [5, 5.41) is 2.72. The van der Waals surface area contributed by atoms with Crippen LogP contribution in [0.4, 0.5) is 11.4 Å². The number of amides is 1. The molecule has 0 spiro atoms. The van der Waals surface area contributed by atoms with Gasteiger partial charge >= 0.3 is 0 Å². The number of hydrogen-bond donors (Lipinski definition) is 2. The minimum absolute atomic E-state index is 0.0385. The van der Waals surface area contributed by atoms with E-state index in [1.165, 1.54) is 0 Å². The Kier molecular flexibility index (Phi) is 4.11. The van der Waals surface area contributed by atoms with Crippen molar-refractivity contribution in [2.75, 3.05) is 24.5 Å². The molecule has 0 unspecified atom stereocenters. The van der Waals surface area contributed by atoms with Crippen molar-refractivity contribution in [2.24, 2.45) is 0 Å². The van der Waals surface area contributed by atoms with E-state index in [0.29, 0.717) is 23.7 Å². The van der Waals surface area contributed by atoms with Gasteiger partial charge in [-0.1, -0.05) is 12.1 Å². The third-order valence-electron chi connectivity index (χ3n) is 3.11. The van der Waals surface area contributed by atoms with Crippen molar-refractivity contribution in [3.63, 3.8) is 0 Å². The zero-order chi connectivity index (χ0) is 15.4. The molecule has 0 saturated carbocycles. The minimum Gasteiger partial charge on any atom is -0.454 e. The minimum atomic E-state index is -0.230. The van der Waals surface area contributed by atoms with Gasteiger partial charge in [0.15, 0.2) is 11.5 Å². The molecule has 0 fully saturated rings. The molecule has 1 aliphatic heterocycles. The molecular formula is C16H16N2O4. The Morgan fingerprint density at radius 1 is 1.18 bits per heavy atom. The predicted octanol–water partition coefficient (Wildman–Crippen LogP) is 2.15. The Hall–Kier alpha value is -2.73. The zero-order valence-electron chi connectivity index (χ0n) is 11.9. The van der Waals surface area contributed by atoms with Crippen LogP contribution in [0.2, 0.25) is 0 Å². The van der Waals surface area contributed by atoms with E-state index in [1.54, 1.807) is 24.3 Å². The van der Waals surface area contributed by atoms with Crippen molar-refractivity contribution in [2.45, 2.75) is 6.61 Å². The van der Waals surface area contributed by atoms with Gasteiger partial charge in [-0.15, -0.1) is 0 Å². The van der Waals surface area contributed by atoms with Gasteiger partial charge in [-0.2, -0.15) is 0 Å². The van der Waals surface area contributed by atoms with Crippen molar-refractivity contribution < 1.29 is 19.0 Å². The summed E-state index contributed by atoms with van der Waals surface area (Å²) in [6, 6.07) is 12.5. The van der Waals surface area contributed by atoms with Gasteiger partial charge in [0.1, 0.15) is 6.61 Å². The second kappa shape index (κ2) is 6.36. The van der Waals surface area contributed by atoms with E-state index in [9.17, 15) is 4.79 Å². The number of fused-ring (bicyclic) bond motifs is 1. The van der Waals surface area contributed by atoms with Crippen LogP contribution >= 0.6 is 0 Å². The summed E-state index contributed by atoms with van der Waals surface area (Å²) in [4.78, 5) is 11.8. The average molecular weight is 300 g/mol. The number of anilines is 2. The third-order valence-corrected chi connectivity index (χ3v) is 3.11. The zero-order valence-corrected chi connectivity index (χ0v) is 11.9. The molecular weight excluding hydrogens is 284 g/mol. The number of carbonyl (C=O) groups excluding carboxylic acids is 1. The van der Waals surface area contributed by atoms with Crippen LogP contribution in [0.15, 0.2) is 42.5 Å². The fourth-order valence-corrected chi connectivity index (χ4v) is 2.11. The van der Waals surface area contributed by atoms with Crippen LogP contribution in [0.1, 0.15) is 5.56 Å². The van der Waals surface area contributed by atoms with Crippen LogP contribution in [0, 0.1) is 0 Å². The number of hydrogen-bond acceptors (Lipinski definition) is 5. The molecule has 2 aromatic carbocycles. The predicted molar refractivity (Wildman–Crippen MR) is 81.7 cm³/mol. The van der Waals surface area contributed by atoms with Crippen molar-refractivity contribution in [3.8, 4) is 11.5 Å². The van der Waals surface area contributed by atoms with E-state index >= 15 is 0 Å². The van der Waals surface area contributed by atoms with Crippen LogP contribution in [0.5, 0.6) is 11.5 Å². The van der Waals surface area contributed by atoms with Crippen molar-refractivity contribution in [1.29, 1.82) is 0 Å². The Bertz CT molecular complexity index is 688. The normalized spacial score (nSPS) is 12.2. The molecule has 0 aliphatic carbocycles. The van der Waals surface area contributed by atoms with Crippen molar-refractivity contribution in [1.82, 2.24) is 0 Å². The summed E-state index contributed by atoms with van der Waals surface area (Å²) in [6.07, 6.45) is 0. The Morgan fingerprint density at radius 2 is 2.05 bits per heavy atom. The topological polar surface area (TPSA) is 82.8 Å². The van der Waals surface area contributed by atoms with Gasteiger partial charge in [-0.3, -0.25) is 4.79 Å². The van der Waals surface area contributed by atoms with Gasteiger partial charge < -0.3 is 25.3 Å². The number of nitrogens with one attached hydrogen (secondary N) is 1. The van der Waals surface area contributed by atoms with Crippen LogP contribution in [0.3, 0.4) is 0 Å². The lowest BCUT2D eigenvalue weighted by molar-refractivity contribution is -0.121. The summed E-state index contributed by atoms with van der Waals surface area (Å²) in [5.74, 6) is 1.19. The lowest BCUT2D eigenvalue weighted by atomic mass is 10.2. The lowest BCUT2D eigenvalue weighted by Gasteiger charge is -2.07. The second-order valence-corrected chi connectivity index (χ2v) is 4.85. The number of rotatable bonds is 5. The van der Waals surface area contributed by atoms with E-state index in [0.717, 1.165) is 11.3 Å². The van der Waals surface area contributed by atoms with E-state index in [4.69, 9.17) is 19.9 Å². The van der Waals surface area contributed by atoms with E-state index in [1.807, 2.05) is 18.2 Å². The summed E-state index contributed by atoms with van der Waals surface area (Å²) in [5.41, 5.74) is 7.81. The van der Waals surface area contributed by atoms with Crippen LogP contribution in [0.25, 0.3) is 0 Å². The maximum Gasteiger partial charge on any atom is 0.250 e. The molecule has 0 aromatic heterocycles. The first kappa shape index (κ1) is 14.2. The summed E-state index contributed by atoms with van der Waals surface area (Å²) in [7, 11) is 0. The molecule has 1 amide bonds. The average Bonchev–Trinajstić information content (AvgIpc) is 2.95. The van der Waals surface area contributed by atoms with E-state index < -0.39 is 0 Å². The first-order valence-electron chi connectivity index (χ1n) is 6.82. The quantitative estimate of drug-likeness (QED) is 0.827. The van der Waals surface area contributed by atoms with Gasteiger partial charge in [0.2, 0.25) is 12.7 Å². The molecule has 1 aliphatic rings. The Labute approximate surface area is 127 Å². The van der Waals surface area contributed by atoms with E-state index in [2.05, 4.69) is 5.32 Å². The lowest BCUT2D eigenvalue weighted by Crippen LogP contribution is -2.18. The maximum atomic E-state index is 11.8. The molecule has 2 aromatic rings. The van der Waals surface area contributed by atoms with Crippen molar-refractivity contribution >= 4 is 17.3 Å². The van der Waals surface area contributed by atoms with Gasteiger partial charge in [-0.05, 0) is 35.9 Å². The summed E-state index contributed by atoms with van der Waals surface area (Å²) < 4.78 is 15.9. The number of ether oxygens (including phenoxy) is 3. The van der Waals surface area contributed by atoms with Crippen LogP contribution in [-0.2, 0) is 16.1 Å². The second-order valence-electron chi connectivity index (χ2n) is 4.85. The standard InChI is InChI=1S/C16H16N2O4/c17-12-2-1-3-13(7-12)18-16(19)9-20-8-11-4-5-14-15(6-11)22-10-21-14/h1-7H,8-10,17H2,(H,18,19). The number of benzene rings is 2. The molecule has 114 valence electrons. The monoisotopic (exact) mass is 300 g/mol. The molecule has 6 nitrogen and oxygen atoms in total. The highest BCUT2D eigenvalue weighted by molar-refractivity contribution is 5.92. The Balaban J connectivity index is 1.47. The molecule has 1 heterocycles. The molecule has 0 bridgehead atoms. The third kappa shape index (κ3) is 3.48. The fourth-order valence-electron chi connectivity index (χ4n) is 2.11. The smallest absolute Gasteiger partial charge is 0.250 e. The molecule has 0 radical (unpaired) electrons. The fraction of sp³-hybridized carbons (Fsp3) is 0.188. The van der Waals surface area contributed by atoms with Crippen molar-refractivity contribution in [3.05, 3.63) is 48.0 Å². The molecule has 0 saturated heterocycles. The first-order chi connectivity index (χ1) is 10.7. The van der Waals surface area contributed by atoms with Gasteiger partial charge in [0.05, 0.1) is 6.61 Å². The molecule has 0 atom stereocenters. The largest absolute Gasteiger partial charge is 0.454 e. The number of carbonyl (C=O) groups is 1. The van der Waals surface area contributed by atoms with Crippen LogP contribution in [-0.4, -0.2) is 19.3 Å². The summed E-state index contributed by atoms with van der Waals surface area (Å²) >= 11 is 0. The highest BCUT2D eigenvalue weighted by Crippen LogP contribution is 2.32. The Morgan fingerprint density at radius 3 is 2.91 bits per heavy atom. The van der Waals surface area contributed by atoms with Gasteiger partial charge in [0, 0.05) is 11.4 Å². The first-order valence-corrected chi connectivity index (χ1v) is 6.82. The number of nitrogens with two attached hydrogens (primary N) is 1. The maximum absolute atomic E-state index is 11.8. The van der Waals surface area contributed by atoms with Gasteiger partial charge in [0.25, 0.3) is 0 Å². The number of nitrogen functional groups attached to an aromatic ring is 1. The summed E-state index contributed by atoms with van der Waals surface area (Å²) in [6.45, 7) is 0.520. The molecule has 3 rings (SSSR count). The molecule has 3 N–H and O–H groups in total. The SMILES string of the molecule is Nc1cccc(NC(=O)COCc2ccc3c(c2)OCO3)c1. The van der Waals surface area contributed by atoms with E-state index in [-0.39, 0.29) is 19.3 Å². The van der Waals surface area contributed by atoms with Gasteiger partial charge in [-0.25, -0.2) is 0 Å².